The largest absolute Gasteiger partial charge is 0.457 e. The van der Waals surface area contributed by atoms with Crippen LogP contribution >= 0.6 is 34.5 Å². The van der Waals surface area contributed by atoms with E-state index in [0.29, 0.717) is 38.0 Å². The maximum Gasteiger partial charge on any atom is 0.284 e. The van der Waals surface area contributed by atoms with E-state index in [1.165, 1.54) is 11.3 Å². The van der Waals surface area contributed by atoms with Gasteiger partial charge in [0.05, 0.1) is 20.3 Å². The molecule has 37 heavy (non-hydrogen) atoms. The third-order valence-electron chi connectivity index (χ3n) is 5.67. The van der Waals surface area contributed by atoms with E-state index in [9.17, 15) is 4.79 Å². The van der Waals surface area contributed by atoms with E-state index in [0.717, 1.165) is 21.6 Å². The van der Waals surface area contributed by atoms with E-state index in [4.69, 9.17) is 32.9 Å². The van der Waals surface area contributed by atoms with E-state index >= 15 is 0 Å². The van der Waals surface area contributed by atoms with Crippen LogP contribution < -0.4 is 9.64 Å². The van der Waals surface area contributed by atoms with E-state index in [1.54, 1.807) is 23.1 Å². The van der Waals surface area contributed by atoms with Crippen molar-refractivity contribution in [3.8, 4) is 11.5 Å². The predicted octanol–water partition coefficient (Wildman–Crippen LogP) is 8.23. The van der Waals surface area contributed by atoms with E-state index in [1.807, 2.05) is 84.9 Å². The number of amides is 1. The molecule has 180 valence electrons. The Balaban J connectivity index is 1.36. The van der Waals surface area contributed by atoms with Crippen molar-refractivity contribution in [2.45, 2.75) is 0 Å². The second-order valence-corrected chi connectivity index (χ2v) is 10.0. The van der Waals surface area contributed by atoms with Gasteiger partial charge in [-0.15, -0.1) is 0 Å². The summed E-state index contributed by atoms with van der Waals surface area (Å²) in [5.74, 6) is 1.70. The van der Waals surface area contributed by atoms with E-state index in [2.05, 4.69) is 4.98 Å². The lowest BCUT2D eigenvalue weighted by molar-refractivity contribution is -0.113. The zero-order valence-electron chi connectivity index (χ0n) is 19.1. The molecule has 4 aromatic carbocycles. The van der Waals surface area contributed by atoms with Crippen LogP contribution in [-0.4, -0.2) is 16.7 Å². The fourth-order valence-corrected chi connectivity index (χ4v) is 5.27. The molecule has 0 bridgehead atoms. The Morgan fingerprint density at radius 3 is 2.19 bits per heavy atom. The lowest BCUT2D eigenvalue weighted by Gasteiger charge is -2.14. The van der Waals surface area contributed by atoms with Crippen LogP contribution in [0.5, 0.6) is 11.5 Å². The first-order valence-corrected chi connectivity index (χ1v) is 12.9. The van der Waals surface area contributed by atoms with Gasteiger partial charge in [0.1, 0.15) is 23.0 Å². The van der Waals surface area contributed by atoms with Crippen molar-refractivity contribution in [1.29, 1.82) is 0 Å². The summed E-state index contributed by atoms with van der Waals surface area (Å²) in [5.41, 5.74) is 2.61. The maximum atomic E-state index is 13.6. The molecule has 5 nitrogen and oxygen atoms in total. The fraction of sp³-hybridized carbons (Fsp3) is 0. The third-order valence-corrected chi connectivity index (χ3v) is 7.39. The topological polar surface area (TPSA) is 54.8 Å². The number of fused-ring (bicyclic) bond motifs is 1. The monoisotopic (exact) mass is 541 g/mol. The fourth-order valence-electron chi connectivity index (χ4n) is 3.90. The summed E-state index contributed by atoms with van der Waals surface area (Å²) in [4.78, 5) is 24.6. The molecule has 1 aromatic heterocycles. The Bertz CT molecular complexity index is 1640. The number of para-hydroxylation sites is 1. The number of hydrogen-bond acceptors (Lipinski definition) is 5. The molecule has 0 saturated carbocycles. The normalized spacial score (nSPS) is 14.4. The molecule has 0 unspecified atom stereocenters. The molecule has 0 N–H and O–H groups in total. The van der Waals surface area contributed by atoms with Crippen LogP contribution in [-0.2, 0) is 4.79 Å². The van der Waals surface area contributed by atoms with Crippen molar-refractivity contribution in [1.82, 2.24) is 4.98 Å². The summed E-state index contributed by atoms with van der Waals surface area (Å²) >= 11 is 13.8. The average Bonchev–Trinajstić information content (AvgIpc) is 3.46. The van der Waals surface area contributed by atoms with Gasteiger partial charge in [0.2, 0.25) is 0 Å². The number of rotatable bonds is 5. The van der Waals surface area contributed by atoms with Crippen LogP contribution in [0, 0.1) is 0 Å². The van der Waals surface area contributed by atoms with Crippen molar-refractivity contribution in [3.63, 3.8) is 0 Å². The molecule has 6 rings (SSSR count). The van der Waals surface area contributed by atoms with Crippen LogP contribution in [0.4, 0.5) is 5.13 Å². The second kappa shape index (κ2) is 9.82. The molecule has 0 aliphatic carbocycles. The zero-order chi connectivity index (χ0) is 25.4. The number of hydrogen-bond donors (Lipinski definition) is 0. The summed E-state index contributed by atoms with van der Waals surface area (Å²) in [7, 11) is 0. The standard InChI is InChI=1S/C29H17Cl2N3O2S/c30-22-16-24-26(17-23(22)31)37-29(33-24)34-27(19-7-3-1-4-8-19)32-25(28(34)35)15-18-11-13-21(14-12-18)36-20-9-5-2-6-10-20/h1-17H/b25-15-. The lowest BCUT2D eigenvalue weighted by Crippen LogP contribution is -2.32. The minimum atomic E-state index is -0.264. The van der Waals surface area contributed by atoms with E-state index in [-0.39, 0.29) is 5.91 Å². The molecule has 8 heteroatoms. The Morgan fingerprint density at radius 2 is 1.46 bits per heavy atom. The number of nitrogens with zero attached hydrogens (tertiary/aromatic N) is 3. The lowest BCUT2D eigenvalue weighted by atomic mass is 10.2. The first-order chi connectivity index (χ1) is 18.0. The highest BCUT2D eigenvalue weighted by atomic mass is 35.5. The Hall–Kier alpha value is -3.97. The van der Waals surface area contributed by atoms with Gasteiger partial charge in [-0.3, -0.25) is 4.79 Å². The van der Waals surface area contributed by atoms with Crippen LogP contribution in [0.3, 0.4) is 0 Å². The average molecular weight is 542 g/mol. The zero-order valence-corrected chi connectivity index (χ0v) is 21.5. The Kier molecular flexibility index (Phi) is 6.22. The van der Waals surface area contributed by atoms with Gasteiger partial charge in [0.25, 0.3) is 5.91 Å². The summed E-state index contributed by atoms with van der Waals surface area (Å²) in [6.07, 6.45) is 1.76. The molecule has 0 fully saturated rings. The quantitative estimate of drug-likeness (QED) is 0.210. The molecule has 0 radical (unpaired) electrons. The number of aliphatic imine (C=N–C) groups is 1. The number of anilines is 1. The Labute approximate surface area is 226 Å². The number of carbonyl (C=O) groups is 1. The third kappa shape index (κ3) is 4.74. The Morgan fingerprint density at radius 1 is 0.811 bits per heavy atom. The number of halogens is 2. The first kappa shape index (κ1) is 23.4. The van der Waals surface area contributed by atoms with Gasteiger partial charge in [0, 0.05) is 5.56 Å². The molecule has 0 saturated heterocycles. The minimum absolute atomic E-state index is 0.264. The van der Waals surface area contributed by atoms with Crippen molar-refractivity contribution >= 4 is 67.7 Å². The van der Waals surface area contributed by atoms with Gasteiger partial charge in [-0.1, -0.05) is 95.2 Å². The molecular formula is C29H17Cl2N3O2S. The summed E-state index contributed by atoms with van der Waals surface area (Å²) in [5, 5.41) is 1.35. The molecule has 0 spiro atoms. The van der Waals surface area contributed by atoms with Gasteiger partial charge in [0.15, 0.2) is 5.13 Å². The van der Waals surface area contributed by atoms with Crippen LogP contribution in [0.2, 0.25) is 10.0 Å². The second-order valence-electron chi connectivity index (χ2n) is 8.19. The smallest absolute Gasteiger partial charge is 0.284 e. The van der Waals surface area contributed by atoms with Gasteiger partial charge in [-0.2, -0.15) is 0 Å². The maximum absolute atomic E-state index is 13.6. The number of ether oxygens (including phenoxy) is 1. The number of thiazole rings is 1. The van der Waals surface area contributed by atoms with Crippen LogP contribution in [0.15, 0.2) is 108 Å². The van der Waals surface area contributed by atoms with Gasteiger partial charge in [-0.05, 0) is 48.0 Å². The van der Waals surface area contributed by atoms with Crippen LogP contribution in [0.25, 0.3) is 16.3 Å². The molecular weight excluding hydrogens is 525 g/mol. The highest BCUT2D eigenvalue weighted by molar-refractivity contribution is 7.22. The predicted molar refractivity (Wildman–Crippen MR) is 151 cm³/mol. The van der Waals surface area contributed by atoms with Gasteiger partial charge < -0.3 is 4.74 Å². The highest BCUT2D eigenvalue weighted by Crippen LogP contribution is 2.37. The summed E-state index contributed by atoms with van der Waals surface area (Å²) in [6, 6.07) is 30.1. The van der Waals surface area contributed by atoms with Crippen molar-refractivity contribution in [3.05, 3.63) is 124 Å². The van der Waals surface area contributed by atoms with Gasteiger partial charge in [-0.25, -0.2) is 14.9 Å². The van der Waals surface area contributed by atoms with Crippen molar-refractivity contribution < 1.29 is 9.53 Å². The molecule has 0 atom stereocenters. The summed E-state index contributed by atoms with van der Waals surface area (Å²) in [6.45, 7) is 0. The minimum Gasteiger partial charge on any atom is -0.457 e. The SMILES string of the molecule is O=C1/C(=C/c2ccc(Oc3ccccc3)cc2)N=C(c2ccccc2)N1c1nc2cc(Cl)c(Cl)cc2s1. The molecule has 1 aliphatic heterocycles. The number of benzene rings is 4. The summed E-state index contributed by atoms with van der Waals surface area (Å²) < 4.78 is 6.70. The molecule has 1 amide bonds. The van der Waals surface area contributed by atoms with E-state index < -0.39 is 0 Å². The van der Waals surface area contributed by atoms with Crippen LogP contribution in [0.1, 0.15) is 11.1 Å². The molecule has 2 heterocycles. The molecule has 1 aliphatic rings. The molecule has 5 aromatic rings. The number of carbonyl (C=O) groups excluding carboxylic acids is 1. The van der Waals surface area contributed by atoms with Gasteiger partial charge >= 0.3 is 0 Å². The first-order valence-electron chi connectivity index (χ1n) is 11.3. The number of aromatic nitrogens is 1. The highest BCUT2D eigenvalue weighted by Gasteiger charge is 2.34. The number of amidine groups is 1. The van der Waals surface area contributed by atoms with Crippen molar-refractivity contribution in [2.75, 3.05) is 4.90 Å². The van der Waals surface area contributed by atoms with Crippen molar-refractivity contribution in [2.24, 2.45) is 4.99 Å².